The molecule has 6 nitrogen and oxygen atoms in total. The molecule has 0 spiro atoms. The molecule has 0 amide bonds. The third-order valence-corrected chi connectivity index (χ3v) is 2.77. The molecule has 1 aliphatic rings. The predicted octanol–water partition coefficient (Wildman–Crippen LogP) is -2.56. The lowest BCUT2D eigenvalue weighted by molar-refractivity contribution is 0.168. The van der Waals surface area contributed by atoms with Crippen LogP contribution in [-0.4, -0.2) is 69.1 Å². The summed E-state index contributed by atoms with van der Waals surface area (Å²) in [5.74, 6) is 0. The minimum absolute atomic E-state index is 0.219. The predicted molar refractivity (Wildman–Crippen MR) is 70.1 cm³/mol. The van der Waals surface area contributed by atoms with Gasteiger partial charge in [0.15, 0.2) is 0 Å². The molecule has 1 saturated heterocycles. The Morgan fingerprint density at radius 3 is 1.82 bits per heavy atom. The summed E-state index contributed by atoms with van der Waals surface area (Å²) < 4.78 is 0. The number of β-amino-alcohol motifs (C(OH)–C–C–N with tert-alkyl or cyclic N) is 1. The third-order valence-electron chi connectivity index (χ3n) is 2.77. The number of aliphatic hydroxyl groups excluding tert-OH is 1. The van der Waals surface area contributed by atoms with E-state index in [4.69, 9.17) is 5.73 Å². The minimum atomic E-state index is -0.322. The van der Waals surface area contributed by atoms with Gasteiger partial charge in [-0.2, -0.15) is 0 Å². The summed E-state index contributed by atoms with van der Waals surface area (Å²) in [5.41, 5.74) is 5.93. The van der Waals surface area contributed by atoms with E-state index in [1.54, 1.807) is 0 Å². The van der Waals surface area contributed by atoms with Crippen LogP contribution >= 0.6 is 0 Å². The van der Waals surface area contributed by atoms with Crippen molar-refractivity contribution in [2.45, 2.75) is 18.6 Å². The molecule has 6 heteroatoms. The molecule has 1 heterocycles. The van der Waals surface area contributed by atoms with Crippen LogP contribution in [0.25, 0.3) is 0 Å². The van der Waals surface area contributed by atoms with Gasteiger partial charge in [0.1, 0.15) is 0 Å². The molecule has 0 atom stereocenters. The van der Waals surface area contributed by atoms with E-state index < -0.39 is 0 Å². The largest absolute Gasteiger partial charge is 0.390 e. The first-order chi connectivity index (χ1) is 8.10. The molecular formula is C11H27N5O. The number of hydrogen-bond donors (Lipinski definition) is 6. The maximum Gasteiger partial charge on any atom is 0.0788 e. The van der Waals surface area contributed by atoms with Gasteiger partial charge in [-0.25, -0.2) is 0 Å². The molecule has 0 aliphatic carbocycles. The van der Waals surface area contributed by atoms with Crippen molar-refractivity contribution in [3.8, 4) is 0 Å². The maximum atomic E-state index is 9.62. The van der Waals surface area contributed by atoms with Gasteiger partial charge in [-0.3, -0.25) is 0 Å². The van der Waals surface area contributed by atoms with Gasteiger partial charge in [0, 0.05) is 57.9 Å². The standard InChI is InChI=1S/C11H27N5O/c1-11(12)8-15-4-2-13-6-10(17)7-14-3-5-16-9-11/h10,13-17H,2-9,12H2,1H3. The van der Waals surface area contributed by atoms with E-state index in [2.05, 4.69) is 21.3 Å². The van der Waals surface area contributed by atoms with Crippen LogP contribution in [0.3, 0.4) is 0 Å². The Morgan fingerprint density at radius 1 is 0.941 bits per heavy atom. The second-order valence-corrected chi connectivity index (χ2v) is 5.07. The van der Waals surface area contributed by atoms with Gasteiger partial charge in [0.05, 0.1) is 6.10 Å². The van der Waals surface area contributed by atoms with Crippen molar-refractivity contribution in [2.75, 3.05) is 52.4 Å². The number of nitrogens with two attached hydrogens (primary N) is 1. The first-order valence-electron chi connectivity index (χ1n) is 6.40. The highest BCUT2D eigenvalue weighted by molar-refractivity contribution is 4.84. The zero-order valence-electron chi connectivity index (χ0n) is 10.8. The average Bonchev–Trinajstić information content (AvgIpc) is 2.27. The van der Waals surface area contributed by atoms with E-state index in [1.165, 1.54) is 0 Å². The van der Waals surface area contributed by atoms with Crippen molar-refractivity contribution in [1.29, 1.82) is 0 Å². The summed E-state index contributed by atoms with van der Waals surface area (Å²) in [6.45, 7) is 8.31. The van der Waals surface area contributed by atoms with Crippen molar-refractivity contribution in [1.82, 2.24) is 21.3 Å². The second kappa shape index (κ2) is 7.97. The molecule has 0 aromatic carbocycles. The van der Waals surface area contributed by atoms with E-state index in [0.717, 1.165) is 39.3 Å². The molecule has 1 aliphatic heterocycles. The van der Waals surface area contributed by atoms with E-state index in [1.807, 2.05) is 6.92 Å². The van der Waals surface area contributed by atoms with Gasteiger partial charge in [-0.1, -0.05) is 0 Å². The van der Waals surface area contributed by atoms with Gasteiger partial charge in [-0.05, 0) is 6.92 Å². The molecule has 0 radical (unpaired) electrons. The van der Waals surface area contributed by atoms with Crippen LogP contribution in [0.2, 0.25) is 0 Å². The molecule has 102 valence electrons. The number of nitrogens with one attached hydrogen (secondary N) is 4. The van der Waals surface area contributed by atoms with Crippen LogP contribution in [0, 0.1) is 0 Å². The van der Waals surface area contributed by atoms with Crippen LogP contribution in [-0.2, 0) is 0 Å². The smallest absolute Gasteiger partial charge is 0.0788 e. The Bertz CT molecular complexity index is 182. The molecule has 7 N–H and O–H groups in total. The van der Waals surface area contributed by atoms with Gasteiger partial charge >= 0.3 is 0 Å². The average molecular weight is 245 g/mol. The van der Waals surface area contributed by atoms with Crippen molar-refractivity contribution in [2.24, 2.45) is 5.73 Å². The molecule has 0 aromatic rings. The Labute approximate surface area is 104 Å². The molecule has 17 heavy (non-hydrogen) atoms. The summed E-state index contributed by atoms with van der Waals surface area (Å²) in [5, 5.41) is 22.7. The minimum Gasteiger partial charge on any atom is -0.390 e. The first kappa shape index (κ1) is 14.8. The zero-order chi connectivity index (χ0) is 12.6. The highest BCUT2D eigenvalue weighted by Gasteiger charge is 2.17. The van der Waals surface area contributed by atoms with Crippen LogP contribution < -0.4 is 27.0 Å². The fraction of sp³-hybridized carbons (Fsp3) is 1.00. The fourth-order valence-corrected chi connectivity index (χ4v) is 1.77. The van der Waals surface area contributed by atoms with Crippen LogP contribution in [0.4, 0.5) is 0 Å². The van der Waals surface area contributed by atoms with E-state index >= 15 is 0 Å². The third kappa shape index (κ3) is 7.64. The van der Waals surface area contributed by atoms with Crippen LogP contribution in [0.1, 0.15) is 6.92 Å². The SMILES string of the molecule is CC1(N)CNCCNCC(O)CNCCNC1. The van der Waals surface area contributed by atoms with Gasteiger partial charge < -0.3 is 32.1 Å². The normalized spacial score (nSPS) is 35.1. The summed E-state index contributed by atoms with van der Waals surface area (Å²) in [4.78, 5) is 0. The molecule has 0 bridgehead atoms. The topological polar surface area (TPSA) is 94.4 Å². The first-order valence-corrected chi connectivity index (χ1v) is 6.40. The molecule has 0 unspecified atom stereocenters. The number of hydrogen-bond acceptors (Lipinski definition) is 6. The van der Waals surface area contributed by atoms with Gasteiger partial charge in [0.25, 0.3) is 0 Å². The van der Waals surface area contributed by atoms with Crippen molar-refractivity contribution >= 4 is 0 Å². The van der Waals surface area contributed by atoms with E-state index in [9.17, 15) is 5.11 Å². The number of aliphatic hydroxyl groups is 1. The summed E-state index contributed by atoms with van der Waals surface area (Å²) in [7, 11) is 0. The molecule has 0 saturated carbocycles. The van der Waals surface area contributed by atoms with E-state index in [0.29, 0.717) is 13.1 Å². The lowest BCUT2D eigenvalue weighted by Crippen LogP contribution is -2.54. The van der Waals surface area contributed by atoms with Gasteiger partial charge in [-0.15, -0.1) is 0 Å². The summed E-state index contributed by atoms with van der Waals surface area (Å²) >= 11 is 0. The Balaban J connectivity index is 2.28. The number of rotatable bonds is 0. The molecular weight excluding hydrogens is 218 g/mol. The second-order valence-electron chi connectivity index (χ2n) is 5.07. The van der Waals surface area contributed by atoms with Crippen molar-refractivity contribution < 1.29 is 5.11 Å². The molecule has 1 fully saturated rings. The Morgan fingerprint density at radius 2 is 1.35 bits per heavy atom. The Kier molecular flexibility index (Phi) is 6.94. The van der Waals surface area contributed by atoms with Crippen LogP contribution in [0.5, 0.6) is 0 Å². The van der Waals surface area contributed by atoms with Crippen molar-refractivity contribution in [3.05, 3.63) is 0 Å². The Hall–Kier alpha value is -0.240. The summed E-state index contributed by atoms with van der Waals surface area (Å²) in [6.07, 6.45) is -0.322. The lowest BCUT2D eigenvalue weighted by Gasteiger charge is -2.26. The highest BCUT2D eigenvalue weighted by Crippen LogP contribution is 1.94. The molecule has 0 aromatic heterocycles. The van der Waals surface area contributed by atoms with E-state index in [-0.39, 0.29) is 11.6 Å². The highest BCUT2D eigenvalue weighted by atomic mass is 16.3. The quantitative estimate of drug-likeness (QED) is 0.281. The monoisotopic (exact) mass is 245 g/mol. The fourth-order valence-electron chi connectivity index (χ4n) is 1.77. The van der Waals surface area contributed by atoms with Crippen LogP contribution in [0.15, 0.2) is 0 Å². The summed E-state index contributed by atoms with van der Waals surface area (Å²) in [6, 6.07) is 0. The zero-order valence-corrected chi connectivity index (χ0v) is 10.8. The lowest BCUT2D eigenvalue weighted by atomic mass is 10.0. The molecule has 1 rings (SSSR count). The van der Waals surface area contributed by atoms with Crippen molar-refractivity contribution in [3.63, 3.8) is 0 Å². The van der Waals surface area contributed by atoms with Gasteiger partial charge in [0.2, 0.25) is 0 Å². The maximum absolute atomic E-state index is 9.62.